The standard InChI is InChI=1S/C21H27ClN6O/c22-17-6-2-3-7-18(17)24-20(29)16-26-12-14-27(15-13-26)19-8-9-23-21(25-19)28-10-4-1-5-11-28/h2-3,6-9H,1,4-5,10-16H2,(H,24,29). The number of aromatic nitrogens is 2. The molecule has 4 rings (SSSR count). The van der Waals surface area contributed by atoms with Crippen LogP contribution in [0.4, 0.5) is 17.5 Å². The number of halogens is 1. The second-order valence-electron chi connectivity index (χ2n) is 7.55. The van der Waals surface area contributed by atoms with Gasteiger partial charge in [-0.15, -0.1) is 0 Å². The molecule has 2 fully saturated rings. The molecule has 154 valence electrons. The molecule has 0 atom stereocenters. The molecular formula is C21H27ClN6O. The first-order valence-electron chi connectivity index (χ1n) is 10.3. The SMILES string of the molecule is O=C(CN1CCN(c2ccnc(N3CCCCC3)n2)CC1)Nc1ccccc1Cl. The number of carbonyl (C=O) groups is 1. The average Bonchev–Trinajstić information content (AvgIpc) is 2.77. The molecular weight excluding hydrogens is 388 g/mol. The van der Waals surface area contributed by atoms with E-state index in [-0.39, 0.29) is 5.91 Å². The number of hydrogen-bond acceptors (Lipinski definition) is 6. The Hall–Kier alpha value is -2.38. The van der Waals surface area contributed by atoms with Crippen LogP contribution in [-0.2, 0) is 4.79 Å². The van der Waals surface area contributed by atoms with Gasteiger partial charge in [0, 0.05) is 45.5 Å². The van der Waals surface area contributed by atoms with Crippen molar-refractivity contribution in [2.75, 3.05) is 60.9 Å². The van der Waals surface area contributed by atoms with Crippen molar-refractivity contribution in [3.63, 3.8) is 0 Å². The number of para-hydroxylation sites is 1. The Kier molecular flexibility index (Phi) is 6.46. The first-order valence-corrected chi connectivity index (χ1v) is 10.7. The van der Waals surface area contributed by atoms with Crippen molar-refractivity contribution in [2.45, 2.75) is 19.3 Å². The van der Waals surface area contributed by atoms with Crippen molar-refractivity contribution in [1.82, 2.24) is 14.9 Å². The van der Waals surface area contributed by atoms with Gasteiger partial charge in [-0.1, -0.05) is 23.7 Å². The van der Waals surface area contributed by atoms with Crippen molar-refractivity contribution in [3.05, 3.63) is 41.6 Å². The quantitative estimate of drug-likeness (QED) is 0.811. The highest BCUT2D eigenvalue weighted by Gasteiger charge is 2.21. The van der Waals surface area contributed by atoms with Gasteiger partial charge >= 0.3 is 0 Å². The van der Waals surface area contributed by atoms with E-state index in [0.717, 1.165) is 51.0 Å². The molecule has 0 bridgehead atoms. The third kappa shape index (κ3) is 5.16. The number of rotatable bonds is 5. The minimum Gasteiger partial charge on any atom is -0.354 e. The Bertz CT molecular complexity index is 833. The number of nitrogens with zero attached hydrogens (tertiary/aromatic N) is 5. The molecule has 1 aromatic heterocycles. The monoisotopic (exact) mass is 414 g/mol. The molecule has 8 heteroatoms. The first-order chi connectivity index (χ1) is 14.2. The Balaban J connectivity index is 1.29. The molecule has 0 spiro atoms. The highest BCUT2D eigenvalue weighted by Crippen LogP contribution is 2.21. The Labute approximate surface area is 176 Å². The largest absolute Gasteiger partial charge is 0.354 e. The third-order valence-corrected chi connectivity index (χ3v) is 5.81. The molecule has 0 saturated carbocycles. The summed E-state index contributed by atoms with van der Waals surface area (Å²) in [4.78, 5) is 28.3. The molecule has 0 unspecified atom stereocenters. The van der Waals surface area contributed by atoms with E-state index in [1.54, 1.807) is 6.07 Å². The van der Waals surface area contributed by atoms with E-state index in [9.17, 15) is 4.79 Å². The van der Waals surface area contributed by atoms with Crippen LogP contribution >= 0.6 is 11.6 Å². The lowest BCUT2D eigenvalue weighted by Gasteiger charge is -2.35. The topological polar surface area (TPSA) is 64.6 Å². The second-order valence-corrected chi connectivity index (χ2v) is 7.96. The summed E-state index contributed by atoms with van der Waals surface area (Å²) in [6, 6.07) is 9.28. The molecule has 7 nitrogen and oxygen atoms in total. The molecule has 1 N–H and O–H groups in total. The average molecular weight is 415 g/mol. The van der Waals surface area contributed by atoms with Crippen LogP contribution in [0.1, 0.15) is 19.3 Å². The van der Waals surface area contributed by atoms with Gasteiger partial charge < -0.3 is 15.1 Å². The van der Waals surface area contributed by atoms with Crippen LogP contribution in [0.5, 0.6) is 0 Å². The molecule has 1 amide bonds. The molecule has 0 radical (unpaired) electrons. The van der Waals surface area contributed by atoms with E-state index in [1.807, 2.05) is 30.5 Å². The normalized spacial score (nSPS) is 18.0. The van der Waals surface area contributed by atoms with Gasteiger partial charge in [0.2, 0.25) is 11.9 Å². The predicted molar refractivity (Wildman–Crippen MR) is 117 cm³/mol. The van der Waals surface area contributed by atoms with Gasteiger partial charge in [-0.25, -0.2) is 4.98 Å². The summed E-state index contributed by atoms with van der Waals surface area (Å²) in [5, 5.41) is 3.45. The van der Waals surface area contributed by atoms with Gasteiger partial charge in [0.05, 0.1) is 17.3 Å². The molecule has 2 aliphatic rings. The molecule has 2 saturated heterocycles. The fourth-order valence-corrected chi connectivity index (χ4v) is 4.04. The number of amides is 1. The number of anilines is 3. The minimum absolute atomic E-state index is 0.0408. The fraction of sp³-hybridized carbons (Fsp3) is 0.476. The lowest BCUT2D eigenvalue weighted by atomic mass is 10.1. The van der Waals surface area contributed by atoms with E-state index in [2.05, 4.69) is 25.0 Å². The summed E-state index contributed by atoms with van der Waals surface area (Å²) in [7, 11) is 0. The Morgan fingerprint density at radius 1 is 0.966 bits per heavy atom. The Morgan fingerprint density at radius 2 is 1.72 bits per heavy atom. The highest BCUT2D eigenvalue weighted by atomic mass is 35.5. The van der Waals surface area contributed by atoms with Gasteiger partial charge in [-0.2, -0.15) is 4.98 Å². The van der Waals surface area contributed by atoms with Gasteiger partial charge in [0.1, 0.15) is 5.82 Å². The van der Waals surface area contributed by atoms with Crippen molar-refractivity contribution in [3.8, 4) is 0 Å². The number of benzene rings is 1. The number of nitrogens with one attached hydrogen (secondary N) is 1. The third-order valence-electron chi connectivity index (χ3n) is 5.48. The maximum absolute atomic E-state index is 12.4. The van der Waals surface area contributed by atoms with Crippen LogP contribution < -0.4 is 15.1 Å². The van der Waals surface area contributed by atoms with Crippen molar-refractivity contribution in [2.24, 2.45) is 0 Å². The van der Waals surface area contributed by atoms with E-state index in [0.29, 0.717) is 17.3 Å². The number of hydrogen-bond donors (Lipinski definition) is 1. The van der Waals surface area contributed by atoms with Crippen LogP contribution in [0, 0.1) is 0 Å². The molecule has 29 heavy (non-hydrogen) atoms. The second kappa shape index (κ2) is 9.41. The summed E-state index contributed by atoms with van der Waals surface area (Å²) < 4.78 is 0. The van der Waals surface area contributed by atoms with Gasteiger partial charge in [-0.3, -0.25) is 9.69 Å². The molecule has 2 aromatic rings. The number of piperazine rings is 1. The maximum atomic E-state index is 12.4. The summed E-state index contributed by atoms with van der Waals surface area (Å²) in [6.45, 7) is 5.76. The van der Waals surface area contributed by atoms with Gasteiger partial charge in [-0.05, 0) is 37.5 Å². The van der Waals surface area contributed by atoms with E-state index in [4.69, 9.17) is 16.6 Å². The Morgan fingerprint density at radius 3 is 2.48 bits per heavy atom. The predicted octanol–water partition coefficient (Wildman–Crippen LogP) is 2.88. The highest BCUT2D eigenvalue weighted by molar-refractivity contribution is 6.33. The van der Waals surface area contributed by atoms with Gasteiger partial charge in [0.25, 0.3) is 0 Å². The van der Waals surface area contributed by atoms with Gasteiger partial charge in [0.15, 0.2) is 0 Å². The van der Waals surface area contributed by atoms with Crippen LogP contribution in [0.2, 0.25) is 5.02 Å². The van der Waals surface area contributed by atoms with Crippen molar-refractivity contribution < 1.29 is 4.79 Å². The van der Waals surface area contributed by atoms with E-state index < -0.39 is 0 Å². The zero-order valence-electron chi connectivity index (χ0n) is 16.6. The van der Waals surface area contributed by atoms with Crippen LogP contribution in [0.3, 0.4) is 0 Å². The molecule has 3 heterocycles. The lowest BCUT2D eigenvalue weighted by molar-refractivity contribution is -0.117. The lowest BCUT2D eigenvalue weighted by Crippen LogP contribution is -2.49. The zero-order valence-corrected chi connectivity index (χ0v) is 17.3. The summed E-state index contributed by atoms with van der Waals surface area (Å²) in [5.41, 5.74) is 0.657. The smallest absolute Gasteiger partial charge is 0.238 e. The fourth-order valence-electron chi connectivity index (χ4n) is 3.85. The molecule has 0 aliphatic carbocycles. The summed E-state index contributed by atoms with van der Waals surface area (Å²) in [5.74, 6) is 1.77. The molecule has 1 aromatic carbocycles. The minimum atomic E-state index is -0.0408. The molecule has 2 aliphatic heterocycles. The summed E-state index contributed by atoms with van der Waals surface area (Å²) >= 11 is 6.12. The first kappa shape index (κ1) is 19.9. The summed E-state index contributed by atoms with van der Waals surface area (Å²) in [6.07, 6.45) is 5.57. The number of carbonyl (C=O) groups excluding carboxylic acids is 1. The van der Waals surface area contributed by atoms with Crippen molar-refractivity contribution in [1.29, 1.82) is 0 Å². The van der Waals surface area contributed by atoms with Crippen LogP contribution in [0.25, 0.3) is 0 Å². The van der Waals surface area contributed by atoms with Crippen LogP contribution in [0.15, 0.2) is 36.5 Å². The van der Waals surface area contributed by atoms with Crippen LogP contribution in [-0.4, -0.2) is 66.6 Å². The van der Waals surface area contributed by atoms with E-state index >= 15 is 0 Å². The maximum Gasteiger partial charge on any atom is 0.238 e. The number of piperidine rings is 1. The van der Waals surface area contributed by atoms with E-state index in [1.165, 1.54) is 19.3 Å². The van der Waals surface area contributed by atoms with Crippen molar-refractivity contribution >= 4 is 35.0 Å². The zero-order chi connectivity index (χ0) is 20.1.